The van der Waals surface area contributed by atoms with Gasteiger partial charge in [0, 0.05) is 35.4 Å². The zero-order valence-electron chi connectivity index (χ0n) is 22.2. The van der Waals surface area contributed by atoms with Crippen molar-refractivity contribution in [2.24, 2.45) is 0 Å². The molecule has 1 fully saturated rings. The van der Waals surface area contributed by atoms with Crippen molar-refractivity contribution in [3.05, 3.63) is 159 Å². The van der Waals surface area contributed by atoms with Crippen molar-refractivity contribution in [2.75, 3.05) is 0 Å². The molecule has 0 aliphatic heterocycles. The SMILES string of the molecule is C/C(=C\C#N)NC(=O)[C@@]1(NC(=O)c2ccccc2)[C@H](c2ccc([N+](=O)[O-])cc2)C1(c1ccccc1)c1ccccc1. The number of nitro benzene ring substituents is 1. The van der Waals surface area contributed by atoms with Gasteiger partial charge >= 0.3 is 0 Å². The molecular weight excluding hydrogens is 516 g/mol. The molecule has 0 heterocycles. The number of rotatable bonds is 8. The van der Waals surface area contributed by atoms with Gasteiger partial charge in [0.1, 0.15) is 5.54 Å². The van der Waals surface area contributed by atoms with E-state index in [1.807, 2.05) is 66.7 Å². The van der Waals surface area contributed by atoms with Crippen molar-refractivity contribution in [3.8, 4) is 6.07 Å². The Morgan fingerprint density at radius 1 is 0.854 bits per heavy atom. The molecule has 2 atom stereocenters. The van der Waals surface area contributed by atoms with Crippen LogP contribution in [0.4, 0.5) is 5.69 Å². The average molecular weight is 543 g/mol. The van der Waals surface area contributed by atoms with Crippen LogP contribution in [0.2, 0.25) is 0 Å². The fourth-order valence-corrected chi connectivity index (χ4v) is 5.91. The molecule has 4 aromatic carbocycles. The lowest BCUT2D eigenvalue weighted by Crippen LogP contribution is -2.54. The maximum absolute atomic E-state index is 14.5. The summed E-state index contributed by atoms with van der Waals surface area (Å²) in [5, 5.41) is 26.6. The van der Waals surface area contributed by atoms with E-state index in [0.29, 0.717) is 16.8 Å². The van der Waals surface area contributed by atoms with E-state index in [4.69, 9.17) is 0 Å². The van der Waals surface area contributed by atoms with Gasteiger partial charge in [-0.3, -0.25) is 19.7 Å². The number of allylic oxidation sites excluding steroid dienone is 2. The van der Waals surface area contributed by atoms with Gasteiger partial charge in [-0.1, -0.05) is 91.0 Å². The van der Waals surface area contributed by atoms with Crippen molar-refractivity contribution in [2.45, 2.75) is 23.8 Å². The van der Waals surface area contributed by atoms with E-state index < -0.39 is 33.6 Å². The second kappa shape index (κ2) is 10.9. The number of carbonyl (C=O) groups excluding carboxylic acids is 2. The van der Waals surface area contributed by atoms with Crippen LogP contribution in [0.1, 0.15) is 39.9 Å². The summed E-state index contributed by atoms with van der Waals surface area (Å²) in [6.45, 7) is 1.60. The van der Waals surface area contributed by atoms with E-state index in [2.05, 4.69) is 10.6 Å². The van der Waals surface area contributed by atoms with Crippen LogP contribution in [0.25, 0.3) is 0 Å². The summed E-state index contributed by atoms with van der Waals surface area (Å²) in [5.41, 5.74) is 0.101. The highest BCUT2D eigenvalue weighted by molar-refractivity contribution is 6.06. The smallest absolute Gasteiger partial charge is 0.269 e. The number of nitro groups is 1. The van der Waals surface area contributed by atoms with E-state index in [1.165, 1.54) is 18.2 Å². The molecule has 0 aromatic heterocycles. The molecule has 0 spiro atoms. The van der Waals surface area contributed by atoms with Crippen LogP contribution < -0.4 is 10.6 Å². The number of hydrogen-bond acceptors (Lipinski definition) is 5. The molecule has 2 N–H and O–H groups in total. The van der Waals surface area contributed by atoms with Crippen molar-refractivity contribution < 1.29 is 14.5 Å². The van der Waals surface area contributed by atoms with E-state index in [-0.39, 0.29) is 5.69 Å². The number of amides is 2. The van der Waals surface area contributed by atoms with Gasteiger partial charge in [0.05, 0.1) is 16.4 Å². The normalized spacial score (nSPS) is 18.9. The highest BCUT2D eigenvalue weighted by atomic mass is 16.6. The first-order valence-electron chi connectivity index (χ1n) is 13.0. The highest BCUT2D eigenvalue weighted by Crippen LogP contribution is 2.72. The van der Waals surface area contributed by atoms with Gasteiger partial charge in [-0.05, 0) is 35.7 Å². The van der Waals surface area contributed by atoms with Crippen molar-refractivity contribution in [3.63, 3.8) is 0 Å². The molecule has 8 nitrogen and oxygen atoms in total. The summed E-state index contributed by atoms with van der Waals surface area (Å²) in [5.74, 6) is -1.63. The fraction of sp³-hybridized carbons (Fsp3) is 0.121. The summed E-state index contributed by atoms with van der Waals surface area (Å²) in [6, 6.07) is 35.4. The third kappa shape index (κ3) is 4.53. The van der Waals surface area contributed by atoms with Crippen LogP contribution in [0, 0.1) is 21.4 Å². The third-order valence-corrected chi connectivity index (χ3v) is 7.60. The first-order chi connectivity index (χ1) is 19.9. The van der Waals surface area contributed by atoms with Gasteiger partial charge in [0.25, 0.3) is 17.5 Å². The molecule has 8 heteroatoms. The minimum Gasteiger partial charge on any atom is -0.336 e. The third-order valence-electron chi connectivity index (χ3n) is 7.60. The number of hydrogen-bond donors (Lipinski definition) is 2. The van der Waals surface area contributed by atoms with Crippen molar-refractivity contribution in [1.82, 2.24) is 10.6 Å². The predicted molar refractivity (Wildman–Crippen MR) is 154 cm³/mol. The minimum atomic E-state index is -1.58. The number of nitrogens with one attached hydrogen (secondary N) is 2. The van der Waals surface area contributed by atoms with Crippen LogP contribution in [0.3, 0.4) is 0 Å². The molecule has 2 amide bonds. The van der Waals surface area contributed by atoms with Gasteiger partial charge in [-0.25, -0.2) is 0 Å². The largest absolute Gasteiger partial charge is 0.336 e. The van der Waals surface area contributed by atoms with E-state index in [9.17, 15) is 25.0 Å². The molecule has 0 unspecified atom stereocenters. The molecule has 1 aliphatic rings. The molecule has 0 bridgehead atoms. The van der Waals surface area contributed by atoms with Crippen molar-refractivity contribution in [1.29, 1.82) is 5.26 Å². The van der Waals surface area contributed by atoms with E-state index >= 15 is 0 Å². The summed E-state index contributed by atoms with van der Waals surface area (Å²) in [4.78, 5) is 39.3. The topological polar surface area (TPSA) is 125 Å². The molecule has 1 aliphatic carbocycles. The monoisotopic (exact) mass is 542 g/mol. The average Bonchev–Trinajstić information content (AvgIpc) is 3.63. The Bertz CT molecular complexity index is 1620. The lowest BCUT2D eigenvalue weighted by Gasteiger charge is -2.27. The van der Waals surface area contributed by atoms with Gasteiger partial charge in [-0.2, -0.15) is 5.26 Å². The number of nitriles is 1. The molecular formula is C33H26N4O4. The molecule has 1 saturated carbocycles. The molecule has 41 heavy (non-hydrogen) atoms. The van der Waals surface area contributed by atoms with Crippen molar-refractivity contribution >= 4 is 17.5 Å². The molecule has 0 saturated heterocycles. The van der Waals surface area contributed by atoms with Crippen LogP contribution in [0.5, 0.6) is 0 Å². The van der Waals surface area contributed by atoms with Crippen LogP contribution >= 0.6 is 0 Å². The van der Waals surface area contributed by atoms with Crippen LogP contribution in [-0.2, 0) is 10.2 Å². The van der Waals surface area contributed by atoms with Gasteiger partial charge in [-0.15, -0.1) is 0 Å². The zero-order valence-corrected chi connectivity index (χ0v) is 22.2. The Hall–Kier alpha value is -5.55. The maximum atomic E-state index is 14.5. The number of non-ortho nitro benzene ring substituents is 1. The van der Waals surface area contributed by atoms with Crippen LogP contribution in [-0.4, -0.2) is 22.3 Å². The lowest BCUT2D eigenvalue weighted by atomic mass is 9.81. The maximum Gasteiger partial charge on any atom is 0.269 e. The Kier molecular flexibility index (Phi) is 7.19. The molecule has 4 aromatic rings. The quantitative estimate of drug-likeness (QED) is 0.175. The second-order valence-corrected chi connectivity index (χ2v) is 9.86. The second-order valence-electron chi connectivity index (χ2n) is 9.86. The van der Waals surface area contributed by atoms with Gasteiger partial charge < -0.3 is 10.6 Å². The van der Waals surface area contributed by atoms with Gasteiger partial charge in [0.2, 0.25) is 0 Å². The Balaban J connectivity index is 1.81. The summed E-state index contributed by atoms with van der Waals surface area (Å²) < 4.78 is 0. The predicted octanol–water partition coefficient (Wildman–Crippen LogP) is 5.39. The number of nitrogens with zero attached hydrogens (tertiary/aromatic N) is 2. The highest BCUT2D eigenvalue weighted by Gasteiger charge is 2.83. The summed E-state index contributed by atoms with van der Waals surface area (Å²) in [7, 11) is 0. The van der Waals surface area contributed by atoms with Crippen LogP contribution in [0.15, 0.2) is 127 Å². The van der Waals surface area contributed by atoms with E-state index in [0.717, 1.165) is 11.1 Å². The fourth-order valence-electron chi connectivity index (χ4n) is 5.91. The van der Waals surface area contributed by atoms with E-state index in [1.54, 1.807) is 49.4 Å². The Morgan fingerprint density at radius 2 is 1.37 bits per heavy atom. The summed E-state index contributed by atoms with van der Waals surface area (Å²) in [6.07, 6.45) is 1.22. The number of carbonyl (C=O) groups is 2. The standard InChI is InChI=1S/C33H26N4O4/c1-23(21-22-34)35-31(39)33(36-30(38)25-11-5-2-6-12-25)29(24-17-19-28(20-18-24)37(40)41)32(33,26-13-7-3-8-14-26)27-15-9-4-10-16-27/h2-21,29H,1H3,(H,35,39)(H,36,38)/b23-21+/t29-,33+/m1/s1. The number of benzene rings is 4. The lowest BCUT2D eigenvalue weighted by molar-refractivity contribution is -0.384. The minimum absolute atomic E-state index is 0.0874. The first kappa shape index (κ1) is 27.0. The molecule has 5 rings (SSSR count). The zero-order chi connectivity index (χ0) is 29.0. The molecule has 0 radical (unpaired) electrons. The van der Waals surface area contributed by atoms with Gasteiger partial charge in [0.15, 0.2) is 0 Å². The Labute approximate surface area is 237 Å². The first-order valence-corrected chi connectivity index (χ1v) is 13.0. The Morgan fingerprint density at radius 3 is 1.85 bits per heavy atom. The molecule has 202 valence electrons. The summed E-state index contributed by atoms with van der Waals surface area (Å²) >= 11 is 0.